The molecular weight excluding hydrogens is 224 g/mol. The molecule has 70 valence electrons. The summed E-state index contributed by atoms with van der Waals surface area (Å²) in [6.07, 6.45) is 0.568. The monoisotopic (exact) mass is 229 g/mol. The summed E-state index contributed by atoms with van der Waals surface area (Å²) in [5, 5.41) is 18.8. The molecule has 0 aliphatic carbocycles. The Labute approximate surface area is 129 Å². The second kappa shape index (κ2) is 6.88. The topological polar surface area (TPSA) is 63.9 Å². The van der Waals surface area contributed by atoms with Crippen molar-refractivity contribution in [3.05, 3.63) is 41.7 Å². The molecule has 3 nitrogen and oxygen atoms in total. The fourth-order valence-corrected chi connectivity index (χ4v) is 0.968. The normalized spacial score (nSPS) is 10.0. The van der Waals surface area contributed by atoms with E-state index in [1.54, 1.807) is 6.07 Å². The molecule has 1 rings (SSSR count). The van der Waals surface area contributed by atoms with Gasteiger partial charge in [-0.15, -0.1) is 0 Å². The van der Waals surface area contributed by atoms with E-state index in [2.05, 4.69) is 0 Å². The van der Waals surface area contributed by atoms with Crippen molar-refractivity contribution < 1.29 is 65.7 Å². The average Bonchev–Trinajstić information content (AvgIpc) is 2.15. The summed E-state index contributed by atoms with van der Waals surface area (Å²) >= 11 is 0. The summed E-state index contributed by atoms with van der Waals surface area (Å²) in [6, 6.07) is 7.03. The predicted octanol–water partition coefficient (Wildman–Crippen LogP) is -2.51. The summed E-state index contributed by atoms with van der Waals surface area (Å²) in [5.41, 5.74) is -0.303. The van der Waals surface area contributed by atoms with Crippen molar-refractivity contribution in [1.82, 2.24) is 0 Å². The molecule has 0 amide bonds. The average molecular weight is 229 g/mol. The Balaban J connectivity index is 0.00000196. The van der Waals surface area contributed by atoms with Crippen LogP contribution in [0.1, 0.15) is 5.56 Å². The van der Waals surface area contributed by atoms with Gasteiger partial charge in [0, 0.05) is 5.56 Å². The van der Waals surface area contributed by atoms with E-state index in [1.807, 2.05) is 0 Å². The third kappa shape index (κ3) is 4.24. The van der Waals surface area contributed by atoms with Crippen LogP contribution >= 0.6 is 0 Å². The van der Waals surface area contributed by atoms with Gasteiger partial charge in [0.2, 0.25) is 0 Å². The van der Waals surface area contributed by atoms with Crippen LogP contribution in [0.2, 0.25) is 0 Å². The molecule has 0 aliphatic heterocycles. The number of carbonyl (C=O) groups is 1. The molecule has 0 aliphatic rings. The Bertz CT molecular complexity index is 437. The van der Waals surface area contributed by atoms with E-state index < -0.39 is 11.8 Å². The van der Waals surface area contributed by atoms with E-state index in [0.717, 1.165) is 6.07 Å². The first kappa shape index (κ1) is 14.5. The van der Waals surface area contributed by atoms with Crippen LogP contribution in [0, 0.1) is 17.1 Å². The molecule has 0 spiro atoms. The van der Waals surface area contributed by atoms with Crippen molar-refractivity contribution in [2.24, 2.45) is 0 Å². The standard InChI is InChI=1S/C10H6FNO2.K/c11-9-4-2-1-3-8(9)7(6-12)5-10(13)14;/h1-5H,(H,13,14);/q;+1/p-1. The fraction of sp³-hybridized carbons (Fsp3) is 0. The second-order valence-corrected chi connectivity index (χ2v) is 2.47. The van der Waals surface area contributed by atoms with E-state index >= 15 is 0 Å². The van der Waals surface area contributed by atoms with E-state index in [-0.39, 0.29) is 62.5 Å². The predicted molar refractivity (Wildman–Crippen MR) is 45.0 cm³/mol. The minimum Gasteiger partial charge on any atom is -0.545 e. The fourth-order valence-electron chi connectivity index (χ4n) is 0.968. The quantitative estimate of drug-likeness (QED) is 0.319. The zero-order valence-corrected chi connectivity index (χ0v) is 11.2. The minimum atomic E-state index is -1.52. The number of hydrogen-bond acceptors (Lipinski definition) is 3. The van der Waals surface area contributed by atoms with Crippen LogP contribution in [0.3, 0.4) is 0 Å². The zero-order chi connectivity index (χ0) is 10.6. The number of rotatable bonds is 2. The molecule has 5 heteroatoms. The van der Waals surface area contributed by atoms with Crippen LogP contribution in [0.25, 0.3) is 5.57 Å². The van der Waals surface area contributed by atoms with E-state index in [1.165, 1.54) is 18.2 Å². The molecular formula is C10H5FKNO2. The van der Waals surface area contributed by atoms with Gasteiger partial charge in [-0.1, -0.05) is 18.2 Å². The maximum atomic E-state index is 13.1. The van der Waals surface area contributed by atoms with E-state index in [9.17, 15) is 14.3 Å². The third-order valence-corrected chi connectivity index (χ3v) is 1.55. The number of halogens is 1. The van der Waals surface area contributed by atoms with E-state index in [0.29, 0.717) is 6.08 Å². The van der Waals surface area contributed by atoms with Crippen LogP contribution in [0.5, 0.6) is 0 Å². The summed E-state index contributed by atoms with van der Waals surface area (Å²) < 4.78 is 13.1. The number of nitrogens with zero attached hydrogens (tertiary/aromatic N) is 1. The van der Waals surface area contributed by atoms with Gasteiger partial charge in [-0.2, -0.15) is 5.26 Å². The summed E-state index contributed by atoms with van der Waals surface area (Å²) in [4.78, 5) is 10.2. The van der Waals surface area contributed by atoms with Gasteiger partial charge in [0.15, 0.2) is 0 Å². The Morgan fingerprint density at radius 1 is 1.47 bits per heavy atom. The Morgan fingerprint density at radius 2 is 2.07 bits per heavy atom. The number of carboxylic acid groups (broad SMARTS) is 1. The summed E-state index contributed by atoms with van der Waals surface area (Å²) in [6.45, 7) is 0. The zero-order valence-electron chi connectivity index (χ0n) is 8.03. The number of benzene rings is 1. The van der Waals surface area contributed by atoms with Crippen LogP contribution in [-0.2, 0) is 4.79 Å². The minimum absolute atomic E-state index is 0. The number of allylic oxidation sites excluding steroid dienone is 1. The summed E-state index contributed by atoms with van der Waals surface area (Å²) in [5.74, 6) is -2.16. The SMILES string of the molecule is N#CC(=CC(=O)[O-])c1ccccc1F.[K+]. The van der Waals surface area contributed by atoms with Gasteiger partial charge >= 0.3 is 51.4 Å². The molecule has 0 heterocycles. The van der Waals surface area contributed by atoms with Crippen molar-refractivity contribution in [1.29, 1.82) is 5.26 Å². The molecule has 0 unspecified atom stereocenters. The van der Waals surface area contributed by atoms with Crippen molar-refractivity contribution in [2.45, 2.75) is 0 Å². The summed E-state index contributed by atoms with van der Waals surface area (Å²) in [7, 11) is 0. The first-order valence-corrected chi connectivity index (χ1v) is 3.73. The number of carbonyl (C=O) groups excluding carboxylic acids is 1. The molecule has 1 aromatic rings. The van der Waals surface area contributed by atoms with Crippen LogP contribution in [-0.4, -0.2) is 5.97 Å². The first-order valence-electron chi connectivity index (χ1n) is 3.73. The van der Waals surface area contributed by atoms with Crippen LogP contribution < -0.4 is 56.5 Å². The maximum absolute atomic E-state index is 13.1. The smallest absolute Gasteiger partial charge is 0.545 e. The van der Waals surface area contributed by atoms with Gasteiger partial charge in [-0.25, -0.2) is 4.39 Å². The van der Waals surface area contributed by atoms with Crippen molar-refractivity contribution >= 4 is 11.5 Å². The van der Waals surface area contributed by atoms with Crippen molar-refractivity contribution in [2.75, 3.05) is 0 Å². The molecule has 1 aromatic carbocycles. The number of hydrogen-bond donors (Lipinski definition) is 0. The van der Waals surface area contributed by atoms with Gasteiger partial charge in [-0.3, -0.25) is 0 Å². The largest absolute Gasteiger partial charge is 1.00 e. The Kier molecular flexibility index (Phi) is 6.64. The maximum Gasteiger partial charge on any atom is 1.00 e. The molecule has 0 fully saturated rings. The number of aliphatic carboxylic acids is 1. The van der Waals surface area contributed by atoms with E-state index in [4.69, 9.17) is 5.26 Å². The van der Waals surface area contributed by atoms with Crippen molar-refractivity contribution in [3.8, 4) is 6.07 Å². The molecule has 0 bridgehead atoms. The molecule has 0 N–H and O–H groups in total. The van der Waals surface area contributed by atoms with Gasteiger partial charge in [0.05, 0.1) is 17.6 Å². The molecule has 0 aromatic heterocycles. The van der Waals surface area contributed by atoms with Gasteiger partial charge in [-0.05, 0) is 12.1 Å². The Morgan fingerprint density at radius 3 is 2.53 bits per heavy atom. The third-order valence-electron chi connectivity index (χ3n) is 1.55. The number of carboxylic acids is 1. The van der Waals surface area contributed by atoms with Gasteiger partial charge in [0.1, 0.15) is 5.82 Å². The van der Waals surface area contributed by atoms with Crippen molar-refractivity contribution in [3.63, 3.8) is 0 Å². The van der Waals surface area contributed by atoms with Crippen LogP contribution in [0.4, 0.5) is 4.39 Å². The second-order valence-electron chi connectivity index (χ2n) is 2.47. The first-order chi connectivity index (χ1) is 6.65. The van der Waals surface area contributed by atoms with Gasteiger partial charge in [0.25, 0.3) is 0 Å². The molecule has 0 saturated carbocycles. The molecule has 0 radical (unpaired) electrons. The molecule has 15 heavy (non-hydrogen) atoms. The molecule has 0 saturated heterocycles. The van der Waals surface area contributed by atoms with Gasteiger partial charge < -0.3 is 9.90 Å². The molecule has 0 atom stereocenters. The van der Waals surface area contributed by atoms with Crippen LogP contribution in [0.15, 0.2) is 30.3 Å². The number of nitriles is 1. The Hall–Kier alpha value is -0.514.